The Morgan fingerprint density at radius 1 is 0.963 bits per heavy atom. The molecule has 27 heavy (non-hydrogen) atoms. The van der Waals surface area contributed by atoms with Crippen LogP contribution < -0.4 is 15.0 Å². The maximum Gasteiger partial charge on any atom is 0.434 e. The number of nitrogens with zero attached hydrogens (tertiary/aromatic N) is 4. The summed E-state index contributed by atoms with van der Waals surface area (Å²) in [5.74, 6) is -0.296. The standard InChI is InChI=1S/C14H19F6N5O2/c1-12(2,3)24-9-21-10(25-4-6-26-7-5-25)23-11(22-9)27-8(13(15,16)17)14(18,19)20/h8H,4-7H2,1-3H3,(H,21,22,23,24). The second-order valence-corrected chi connectivity index (χ2v) is 6.80. The van der Waals surface area contributed by atoms with Gasteiger partial charge in [0, 0.05) is 18.6 Å². The molecule has 1 N–H and O–H groups in total. The van der Waals surface area contributed by atoms with Gasteiger partial charge >= 0.3 is 18.4 Å². The van der Waals surface area contributed by atoms with Crippen LogP contribution in [0.5, 0.6) is 6.01 Å². The first-order valence-electron chi connectivity index (χ1n) is 7.93. The van der Waals surface area contributed by atoms with Crippen molar-refractivity contribution in [3.05, 3.63) is 0 Å². The third-order valence-corrected chi connectivity index (χ3v) is 3.20. The summed E-state index contributed by atoms with van der Waals surface area (Å²) < 4.78 is 85.9. The van der Waals surface area contributed by atoms with E-state index in [-0.39, 0.29) is 11.9 Å². The average molecular weight is 403 g/mol. The summed E-state index contributed by atoms with van der Waals surface area (Å²) in [6, 6.07) is -1.07. The van der Waals surface area contributed by atoms with Gasteiger partial charge in [-0.05, 0) is 20.8 Å². The van der Waals surface area contributed by atoms with Gasteiger partial charge in [0.05, 0.1) is 13.2 Å². The molecule has 0 radical (unpaired) electrons. The molecule has 0 amide bonds. The van der Waals surface area contributed by atoms with E-state index in [4.69, 9.17) is 4.74 Å². The highest BCUT2D eigenvalue weighted by molar-refractivity contribution is 5.40. The van der Waals surface area contributed by atoms with E-state index in [0.717, 1.165) is 0 Å². The van der Waals surface area contributed by atoms with Crippen molar-refractivity contribution in [1.82, 2.24) is 15.0 Å². The minimum absolute atomic E-state index is 0.0989. The van der Waals surface area contributed by atoms with Gasteiger partial charge in [-0.3, -0.25) is 0 Å². The van der Waals surface area contributed by atoms with Crippen LogP contribution in [0.15, 0.2) is 0 Å². The fraction of sp³-hybridized carbons (Fsp3) is 0.786. The molecule has 7 nitrogen and oxygen atoms in total. The van der Waals surface area contributed by atoms with E-state index >= 15 is 0 Å². The summed E-state index contributed by atoms with van der Waals surface area (Å²) in [7, 11) is 0. The highest BCUT2D eigenvalue weighted by Crippen LogP contribution is 2.36. The lowest BCUT2D eigenvalue weighted by Crippen LogP contribution is -2.47. The topological polar surface area (TPSA) is 72.4 Å². The lowest BCUT2D eigenvalue weighted by Gasteiger charge is -2.28. The number of alkyl halides is 6. The summed E-state index contributed by atoms with van der Waals surface area (Å²) in [6.07, 6.45) is -15.4. The fourth-order valence-electron chi connectivity index (χ4n) is 2.12. The van der Waals surface area contributed by atoms with Crippen LogP contribution in [-0.4, -0.2) is 65.3 Å². The van der Waals surface area contributed by atoms with Crippen LogP contribution in [0.3, 0.4) is 0 Å². The Hall–Kier alpha value is -2.05. The van der Waals surface area contributed by atoms with Crippen LogP contribution in [0.1, 0.15) is 20.8 Å². The number of rotatable bonds is 4. The number of halogens is 6. The van der Waals surface area contributed by atoms with Gasteiger partial charge in [-0.2, -0.15) is 41.3 Å². The van der Waals surface area contributed by atoms with Crippen molar-refractivity contribution in [2.24, 2.45) is 0 Å². The Labute approximate surface area is 151 Å². The molecule has 0 atom stereocenters. The van der Waals surface area contributed by atoms with Crippen molar-refractivity contribution in [1.29, 1.82) is 0 Å². The smallest absolute Gasteiger partial charge is 0.434 e. The van der Waals surface area contributed by atoms with E-state index in [9.17, 15) is 26.3 Å². The molecule has 1 aliphatic rings. The average Bonchev–Trinajstić information content (AvgIpc) is 2.49. The highest BCUT2D eigenvalue weighted by Gasteiger charge is 2.59. The van der Waals surface area contributed by atoms with Gasteiger partial charge in [0.1, 0.15) is 0 Å². The molecular formula is C14H19F6N5O2. The maximum atomic E-state index is 12.8. The second kappa shape index (κ2) is 7.52. The molecular weight excluding hydrogens is 384 g/mol. The molecule has 0 spiro atoms. The first kappa shape index (κ1) is 21.3. The van der Waals surface area contributed by atoms with Gasteiger partial charge in [0.15, 0.2) is 0 Å². The normalized spacial score (nSPS) is 16.6. The zero-order valence-corrected chi connectivity index (χ0v) is 14.8. The minimum Gasteiger partial charge on any atom is -0.440 e. The third-order valence-electron chi connectivity index (χ3n) is 3.20. The summed E-state index contributed by atoms with van der Waals surface area (Å²) in [6.45, 7) is 6.44. The van der Waals surface area contributed by atoms with Crippen molar-refractivity contribution < 1.29 is 35.8 Å². The number of hydrogen-bond acceptors (Lipinski definition) is 7. The lowest BCUT2D eigenvalue weighted by molar-refractivity contribution is -0.301. The second-order valence-electron chi connectivity index (χ2n) is 6.80. The zero-order chi connectivity index (χ0) is 20.5. The van der Waals surface area contributed by atoms with Crippen molar-refractivity contribution in [2.45, 2.75) is 44.8 Å². The number of hydrogen-bond donors (Lipinski definition) is 1. The van der Waals surface area contributed by atoms with E-state index < -0.39 is 30.0 Å². The van der Waals surface area contributed by atoms with Crippen LogP contribution in [0, 0.1) is 0 Å². The quantitative estimate of drug-likeness (QED) is 0.775. The van der Waals surface area contributed by atoms with Gasteiger partial charge < -0.3 is 19.7 Å². The number of anilines is 2. The SMILES string of the molecule is CC(C)(C)Nc1nc(OC(C(F)(F)F)C(F)(F)F)nc(N2CCOCC2)n1. The predicted octanol–water partition coefficient (Wildman–Crippen LogP) is 2.79. The Kier molecular flexibility index (Phi) is 5.92. The fourth-order valence-corrected chi connectivity index (χ4v) is 2.12. The molecule has 1 saturated heterocycles. The number of aromatic nitrogens is 3. The first-order valence-corrected chi connectivity index (χ1v) is 7.93. The van der Waals surface area contributed by atoms with Crippen LogP contribution in [-0.2, 0) is 4.74 Å². The van der Waals surface area contributed by atoms with Crippen LogP contribution in [0.25, 0.3) is 0 Å². The first-order chi connectivity index (χ1) is 12.3. The van der Waals surface area contributed by atoms with Gasteiger partial charge in [-0.1, -0.05) is 0 Å². The molecule has 2 heterocycles. The summed E-state index contributed by atoms with van der Waals surface area (Å²) in [5, 5.41) is 2.79. The Balaban J connectivity index is 2.39. The molecule has 0 unspecified atom stereocenters. The Bertz CT molecular complexity index is 626. The van der Waals surface area contributed by atoms with Gasteiger partial charge in [-0.25, -0.2) is 0 Å². The molecule has 1 aliphatic heterocycles. The Morgan fingerprint density at radius 3 is 2.00 bits per heavy atom. The molecule has 1 fully saturated rings. The minimum atomic E-state index is -5.68. The molecule has 0 aromatic carbocycles. The van der Waals surface area contributed by atoms with Crippen molar-refractivity contribution in [3.8, 4) is 6.01 Å². The molecule has 0 saturated carbocycles. The highest BCUT2D eigenvalue weighted by atomic mass is 19.4. The van der Waals surface area contributed by atoms with Crippen LogP contribution in [0.2, 0.25) is 0 Å². The molecule has 13 heteroatoms. The van der Waals surface area contributed by atoms with E-state index in [2.05, 4.69) is 25.0 Å². The van der Waals surface area contributed by atoms with Crippen LogP contribution in [0.4, 0.5) is 38.2 Å². The Morgan fingerprint density at radius 2 is 1.52 bits per heavy atom. The largest absolute Gasteiger partial charge is 0.440 e. The molecule has 2 rings (SSSR count). The van der Waals surface area contributed by atoms with E-state index in [0.29, 0.717) is 26.3 Å². The predicted molar refractivity (Wildman–Crippen MR) is 82.8 cm³/mol. The van der Waals surface area contributed by atoms with E-state index in [1.54, 1.807) is 25.7 Å². The number of morpholine rings is 1. The summed E-state index contributed by atoms with van der Waals surface area (Å²) in [4.78, 5) is 12.8. The lowest BCUT2D eigenvalue weighted by atomic mass is 10.1. The van der Waals surface area contributed by atoms with E-state index in [1.165, 1.54) is 0 Å². The molecule has 154 valence electrons. The monoisotopic (exact) mass is 403 g/mol. The van der Waals surface area contributed by atoms with Crippen molar-refractivity contribution >= 4 is 11.9 Å². The number of ether oxygens (including phenoxy) is 2. The van der Waals surface area contributed by atoms with Crippen LogP contribution >= 0.6 is 0 Å². The zero-order valence-electron chi connectivity index (χ0n) is 14.8. The number of nitrogens with one attached hydrogen (secondary N) is 1. The van der Waals surface area contributed by atoms with Gasteiger partial charge in [0.25, 0.3) is 6.10 Å². The molecule has 0 bridgehead atoms. The maximum absolute atomic E-state index is 12.8. The van der Waals surface area contributed by atoms with Gasteiger partial charge in [-0.15, -0.1) is 0 Å². The molecule has 1 aromatic heterocycles. The summed E-state index contributed by atoms with van der Waals surface area (Å²) >= 11 is 0. The molecule has 0 aliphatic carbocycles. The van der Waals surface area contributed by atoms with E-state index in [1.807, 2.05) is 0 Å². The third kappa shape index (κ3) is 6.26. The van der Waals surface area contributed by atoms with Crippen molar-refractivity contribution in [3.63, 3.8) is 0 Å². The summed E-state index contributed by atoms with van der Waals surface area (Å²) in [5.41, 5.74) is -0.603. The van der Waals surface area contributed by atoms with Gasteiger partial charge in [0.2, 0.25) is 11.9 Å². The van der Waals surface area contributed by atoms with Crippen molar-refractivity contribution in [2.75, 3.05) is 36.5 Å². The molecule has 1 aromatic rings.